The van der Waals surface area contributed by atoms with Crippen LogP contribution in [0.4, 0.5) is 0 Å². The fraction of sp³-hybridized carbons (Fsp3) is 0.905. The molecule has 0 saturated heterocycles. The maximum atomic E-state index is 11.3. The van der Waals surface area contributed by atoms with Gasteiger partial charge in [0.2, 0.25) is 0 Å². The predicted molar refractivity (Wildman–Crippen MR) is 101 cm³/mol. The molecule has 2 nitrogen and oxygen atoms in total. The van der Waals surface area contributed by atoms with Crippen molar-refractivity contribution in [2.24, 2.45) is 34.5 Å². The van der Waals surface area contributed by atoms with Crippen molar-refractivity contribution in [1.82, 2.24) is 0 Å². The molecule has 136 valence electrons. The van der Waals surface area contributed by atoms with Crippen LogP contribution in [0.1, 0.15) is 72.1 Å². The zero-order valence-electron chi connectivity index (χ0n) is 15.5. The highest BCUT2D eigenvalue weighted by molar-refractivity contribution is 7.75. The minimum atomic E-state index is -0.134. The molecule has 0 aromatic carbocycles. The minimum absolute atomic E-state index is 0.134. The summed E-state index contributed by atoms with van der Waals surface area (Å²) in [5, 5.41) is 11.3. The van der Waals surface area contributed by atoms with E-state index in [1.165, 1.54) is 32.1 Å². The Morgan fingerprint density at radius 1 is 1.21 bits per heavy atom. The highest BCUT2D eigenvalue weighted by Crippen LogP contribution is 2.67. The molecule has 3 heteroatoms. The van der Waals surface area contributed by atoms with E-state index >= 15 is 0 Å². The van der Waals surface area contributed by atoms with E-state index in [9.17, 15) is 5.11 Å². The lowest BCUT2D eigenvalue weighted by molar-refractivity contribution is -0.164. The first kappa shape index (κ1) is 17.4. The summed E-state index contributed by atoms with van der Waals surface area (Å²) in [6, 6.07) is 0. The van der Waals surface area contributed by atoms with Crippen LogP contribution in [0.25, 0.3) is 0 Å². The summed E-state index contributed by atoms with van der Waals surface area (Å²) in [5.41, 5.74) is 2.17. The Bertz CT molecular complexity index is 532. The monoisotopic (exact) mass is 350 g/mol. The highest BCUT2D eigenvalue weighted by Gasteiger charge is 2.61. The molecular formula is C21H34O2S. The molecule has 4 fully saturated rings. The molecule has 0 aromatic rings. The average Bonchev–Trinajstić information content (AvgIpc) is 2.89. The first-order valence-electron chi connectivity index (χ1n) is 10.1. The summed E-state index contributed by atoms with van der Waals surface area (Å²) in [5.74, 6) is 2.69. The number of thiol groups is 1. The summed E-state index contributed by atoms with van der Waals surface area (Å²) < 4.78 is 5.39. The molecular weight excluding hydrogens is 316 g/mol. The Kier molecular flexibility index (Phi) is 4.38. The molecule has 4 aliphatic rings. The first-order chi connectivity index (χ1) is 11.4. The molecule has 8 atom stereocenters. The number of hydrogen-bond acceptors (Lipinski definition) is 3. The number of fused-ring (bicyclic) bond motifs is 5. The molecule has 0 bridgehead atoms. The van der Waals surface area contributed by atoms with Gasteiger partial charge in [0, 0.05) is 0 Å². The quantitative estimate of drug-likeness (QED) is 0.388. The Labute approximate surface area is 153 Å². The van der Waals surface area contributed by atoms with Crippen LogP contribution < -0.4 is 0 Å². The Hall–Kier alpha value is 0.01000. The molecule has 1 N–H and O–H groups in total. The van der Waals surface area contributed by atoms with Crippen molar-refractivity contribution in [2.75, 3.05) is 0 Å². The van der Waals surface area contributed by atoms with E-state index in [2.05, 4.69) is 39.8 Å². The number of rotatable bonds is 1. The van der Waals surface area contributed by atoms with E-state index < -0.39 is 0 Å². The van der Waals surface area contributed by atoms with Crippen molar-refractivity contribution in [3.05, 3.63) is 11.6 Å². The molecule has 0 radical (unpaired) electrons. The number of hydrogen-bond donors (Lipinski definition) is 2. The maximum absolute atomic E-state index is 11.3. The summed E-state index contributed by atoms with van der Waals surface area (Å²) in [7, 11) is 0. The van der Waals surface area contributed by atoms with Gasteiger partial charge in [-0.3, -0.25) is 0 Å². The molecule has 0 aromatic heterocycles. The van der Waals surface area contributed by atoms with Crippen molar-refractivity contribution in [3.63, 3.8) is 0 Å². The minimum Gasteiger partial charge on any atom is -0.393 e. The highest BCUT2D eigenvalue weighted by atomic mass is 32.1. The van der Waals surface area contributed by atoms with Crippen LogP contribution in [-0.4, -0.2) is 17.3 Å². The molecule has 24 heavy (non-hydrogen) atoms. The van der Waals surface area contributed by atoms with Crippen molar-refractivity contribution in [2.45, 2.75) is 84.3 Å². The molecule has 4 aliphatic carbocycles. The van der Waals surface area contributed by atoms with Gasteiger partial charge in [-0.15, -0.1) is 0 Å². The van der Waals surface area contributed by atoms with Gasteiger partial charge in [-0.1, -0.05) is 25.5 Å². The Balaban J connectivity index is 1.65. The molecule has 0 amide bonds. The largest absolute Gasteiger partial charge is 0.393 e. The third-order valence-electron chi connectivity index (χ3n) is 8.89. The molecule has 0 unspecified atom stereocenters. The van der Waals surface area contributed by atoms with Crippen LogP contribution in [0.2, 0.25) is 0 Å². The standard InChI is InChI=1S/C21H34O2S/c1-4-13-6-8-17-16-7-5-14-11-15(23-24)9-10-20(14,2)19(16)18(22)12-21(13,17)3/h4,14-19,22,24H,5-12H2,1-3H3/b13-4-/t14-,15+,16-,17-,18-,19+,20-,21+/m0/s1. The van der Waals surface area contributed by atoms with Gasteiger partial charge in [0.15, 0.2) is 0 Å². The summed E-state index contributed by atoms with van der Waals surface area (Å²) >= 11 is 4.08. The number of allylic oxidation sites excluding steroid dienone is 2. The van der Waals surface area contributed by atoms with Crippen LogP contribution in [-0.2, 0) is 4.18 Å². The summed E-state index contributed by atoms with van der Waals surface area (Å²) in [6.45, 7) is 7.12. The second-order valence-corrected chi connectivity index (χ2v) is 9.83. The van der Waals surface area contributed by atoms with Gasteiger partial charge in [0.05, 0.1) is 12.2 Å². The fourth-order valence-electron chi connectivity index (χ4n) is 7.76. The zero-order valence-corrected chi connectivity index (χ0v) is 16.4. The van der Waals surface area contributed by atoms with Gasteiger partial charge < -0.3 is 9.29 Å². The van der Waals surface area contributed by atoms with Crippen molar-refractivity contribution in [3.8, 4) is 0 Å². The zero-order chi connectivity index (χ0) is 17.1. The second-order valence-electron chi connectivity index (χ2n) is 9.62. The smallest absolute Gasteiger partial charge is 0.0722 e. The Morgan fingerprint density at radius 2 is 2.00 bits per heavy atom. The van der Waals surface area contributed by atoms with E-state index in [4.69, 9.17) is 4.18 Å². The van der Waals surface area contributed by atoms with Crippen LogP contribution in [0.5, 0.6) is 0 Å². The molecule has 4 saturated carbocycles. The van der Waals surface area contributed by atoms with Gasteiger partial charge in [0.25, 0.3) is 0 Å². The van der Waals surface area contributed by atoms with E-state index in [0.717, 1.165) is 25.2 Å². The first-order valence-corrected chi connectivity index (χ1v) is 10.4. The van der Waals surface area contributed by atoms with Crippen molar-refractivity contribution < 1.29 is 9.29 Å². The van der Waals surface area contributed by atoms with Crippen molar-refractivity contribution >= 4 is 12.9 Å². The van der Waals surface area contributed by atoms with Crippen LogP contribution in [0.3, 0.4) is 0 Å². The normalized spacial score (nSPS) is 55.8. The number of aliphatic hydroxyl groups excluding tert-OH is 1. The van der Waals surface area contributed by atoms with E-state index in [-0.39, 0.29) is 11.5 Å². The maximum Gasteiger partial charge on any atom is 0.0722 e. The van der Waals surface area contributed by atoms with Crippen LogP contribution in [0.15, 0.2) is 11.6 Å². The summed E-state index contributed by atoms with van der Waals surface area (Å²) in [6.07, 6.45) is 12.2. The third kappa shape index (κ3) is 2.30. The molecule has 4 rings (SSSR count). The van der Waals surface area contributed by atoms with Gasteiger partial charge in [-0.2, -0.15) is 0 Å². The summed E-state index contributed by atoms with van der Waals surface area (Å²) in [4.78, 5) is 0. The topological polar surface area (TPSA) is 29.5 Å². The van der Waals surface area contributed by atoms with Crippen LogP contribution >= 0.6 is 12.9 Å². The fourth-order valence-corrected chi connectivity index (χ4v) is 7.95. The lowest BCUT2D eigenvalue weighted by Gasteiger charge is -2.62. The van der Waals surface area contributed by atoms with E-state index in [1.807, 2.05) is 0 Å². The van der Waals surface area contributed by atoms with Crippen LogP contribution in [0, 0.1) is 34.5 Å². The lowest BCUT2D eigenvalue weighted by atomic mass is 9.44. The predicted octanol–water partition coefficient (Wildman–Crippen LogP) is 5.18. The second kappa shape index (κ2) is 6.03. The van der Waals surface area contributed by atoms with Gasteiger partial charge in [0.1, 0.15) is 0 Å². The molecule has 0 spiro atoms. The average molecular weight is 351 g/mol. The van der Waals surface area contributed by atoms with Gasteiger partial charge in [-0.05, 0) is 106 Å². The SMILES string of the molecule is C/C=C1/CC[C@H]2[C@@H]3CC[C@H]4C[C@H](OS)CC[C@]4(C)[C@H]3[C@@H](O)C[C@]12C. The molecule has 0 aliphatic heterocycles. The molecule has 0 heterocycles. The lowest BCUT2D eigenvalue weighted by Crippen LogP contribution is -2.58. The third-order valence-corrected chi connectivity index (χ3v) is 9.19. The van der Waals surface area contributed by atoms with Gasteiger partial charge >= 0.3 is 0 Å². The van der Waals surface area contributed by atoms with Gasteiger partial charge in [-0.25, -0.2) is 0 Å². The number of aliphatic hydroxyl groups is 1. The van der Waals surface area contributed by atoms with Crippen molar-refractivity contribution in [1.29, 1.82) is 0 Å². The Morgan fingerprint density at radius 3 is 2.71 bits per heavy atom. The van der Waals surface area contributed by atoms with E-state index in [1.54, 1.807) is 5.57 Å². The van der Waals surface area contributed by atoms with E-state index in [0.29, 0.717) is 29.3 Å².